The number of carbonyl (C=O) groups is 2. The van der Waals surface area contributed by atoms with Crippen molar-refractivity contribution in [3.8, 4) is 11.5 Å². The smallest absolute Gasteiger partial charge is 0.262 e. The molecule has 0 spiro atoms. The molecule has 0 radical (unpaired) electrons. The first-order chi connectivity index (χ1) is 18.8. The third-order valence-electron chi connectivity index (χ3n) is 6.41. The van der Waals surface area contributed by atoms with Crippen LogP contribution in [0.2, 0.25) is 10.0 Å². The van der Waals surface area contributed by atoms with Crippen LogP contribution in [0.5, 0.6) is 11.5 Å². The van der Waals surface area contributed by atoms with Gasteiger partial charge in [-0.3, -0.25) is 9.59 Å². The molecule has 0 aliphatic carbocycles. The summed E-state index contributed by atoms with van der Waals surface area (Å²) in [7, 11) is 0. The number of hydrazone groups is 1. The van der Waals surface area contributed by atoms with Crippen molar-refractivity contribution < 1.29 is 19.1 Å². The fourth-order valence-corrected chi connectivity index (χ4v) is 4.70. The van der Waals surface area contributed by atoms with E-state index in [2.05, 4.69) is 20.4 Å². The van der Waals surface area contributed by atoms with Crippen molar-refractivity contribution in [1.82, 2.24) is 15.3 Å². The molecule has 8 nitrogen and oxygen atoms in total. The molecular formula is C29H26Cl2N4O4. The van der Waals surface area contributed by atoms with Crippen LogP contribution < -0.4 is 20.2 Å². The number of nitrogens with one attached hydrogen (secondary N) is 2. The van der Waals surface area contributed by atoms with Crippen molar-refractivity contribution in [2.45, 2.75) is 26.4 Å². The first-order valence-electron chi connectivity index (χ1n) is 12.4. The lowest BCUT2D eigenvalue weighted by molar-refractivity contribution is -0.123. The second-order valence-electron chi connectivity index (χ2n) is 9.48. The number of halogens is 2. The molecule has 1 unspecified atom stereocenters. The summed E-state index contributed by atoms with van der Waals surface area (Å²) >= 11 is 12.3. The molecule has 1 aliphatic heterocycles. The molecule has 10 heteroatoms. The molecule has 4 aromatic rings. The predicted molar refractivity (Wildman–Crippen MR) is 152 cm³/mol. The van der Waals surface area contributed by atoms with E-state index in [1.165, 1.54) is 0 Å². The van der Waals surface area contributed by atoms with Gasteiger partial charge in [0.1, 0.15) is 6.04 Å². The number of hydrogen-bond acceptors (Lipinski definition) is 5. The number of fused-ring (bicyclic) bond motifs is 2. The van der Waals surface area contributed by atoms with Gasteiger partial charge in [-0.1, -0.05) is 61.3 Å². The number of ether oxygens (including phenoxy) is 2. The lowest BCUT2D eigenvalue weighted by Gasteiger charge is -2.20. The molecule has 1 aliphatic rings. The molecule has 1 aromatic heterocycles. The standard InChI is InChI=1S/C29H26Cl2N4O4/c1-17(2)27(33-28(36)19-8-10-25-26(12-19)39-16-38-25)29(37)34-32-13-20-15-35(24-6-4-3-5-21(20)24)14-18-7-9-22(30)23(31)11-18/h3-13,15,17,27H,14,16H2,1-2H3,(H,33,36)(H,34,37). The minimum atomic E-state index is -0.795. The zero-order valence-corrected chi connectivity index (χ0v) is 22.8. The first-order valence-corrected chi connectivity index (χ1v) is 13.1. The van der Waals surface area contributed by atoms with Crippen LogP contribution in [0.15, 0.2) is 72.0 Å². The summed E-state index contributed by atoms with van der Waals surface area (Å²) in [6.45, 7) is 4.40. The van der Waals surface area contributed by atoms with Crippen LogP contribution in [-0.2, 0) is 11.3 Å². The number of hydrogen-bond donors (Lipinski definition) is 2. The molecule has 3 aromatic carbocycles. The minimum Gasteiger partial charge on any atom is -0.454 e. The first kappa shape index (κ1) is 26.6. The van der Waals surface area contributed by atoms with Crippen LogP contribution in [0.4, 0.5) is 0 Å². The van der Waals surface area contributed by atoms with Crippen molar-refractivity contribution in [2.24, 2.45) is 11.0 Å². The maximum Gasteiger partial charge on any atom is 0.262 e. The van der Waals surface area contributed by atoms with Gasteiger partial charge < -0.3 is 19.4 Å². The van der Waals surface area contributed by atoms with Crippen LogP contribution in [0.25, 0.3) is 10.9 Å². The van der Waals surface area contributed by atoms with Crippen LogP contribution in [0.1, 0.15) is 35.3 Å². The number of rotatable bonds is 8. The van der Waals surface area contributed by atoms with Crippen LogP contribution in [0, 0.1) is 5.92 Å². The number of nitrogens with zero attached hydrogens (tertiary/aromatic N) is 2. The SMILES string of the molecule is CC(C)C(NC(=O)c1ccc2c(c1)OCO2)C(=O)NN=Cc1cn(Cc2ccc(Cl)c(Cl)c2)c2ccccc12. The number of carbonyl (C=O) groups excluding carboxylic acids is 2. The average molecular weight is 565 g/mol. The highest BCUT2D eigenvalue weighted by Crippen LogP contribution is 2.32. The van der Waals surface area contributed by atoms with Gasteiger partial charge in [0.05, 0.1) is 16.3 Å². The summed E-state index contributed by atoms with van der Waals surface area (Å²) < 4.78 is 12.7. The average Bonchev–Trinajstić information content (AvgIpc) is 3.53. The highest BCUT2D eigenvalue weighted by Gasteiger charge is 2.25. The molecule has 1 atom stereocenters. The highest BCUT2D eigenvalue weighted by molar-refractivity contribution is 6.42. The summed E-state index contributed by atoms with van der Waals surface area (Å²) in [5.41, 5.74) is 5.79. The Morgan fingerprint density at radius 3 is 2.62 bits per heavy atom. The molecule has 200 valence electrons. The Labute approximate surface area is 235 Å². The zero-order valence-electron chi connectivity index (χ0n) is 21.3. The van der Waals surface area contributed by atoms with Gasteiger partial charge in [-0.25, -0.2) is 5.43 Å². The molecule has 0 saturated heterocycles. The minimum absolute atomic E-state index is 0.115. The van der Waals surface area contributed by atoms with E-state index in [-0.39, 0.29) is 12.7 Å². The van der Waals surface area contributed by atoms with Crippen molar-refractivity contribution in [3.63, 3.8) is 0 Å². The number of benzene rings is 3. The molecule has 0 bridgehead atoms. The summed E-state index contributed by atoms with van der Waals surface area (Å²) in [4.78, 5) is 25.8. The largest absolute Gasteiger partial charge is 0.454 e. The summed E-state index contributed by atoms with van der Waals surface area (Å²) in [6.07, 6.45) is 3.56. The number of para-hydroxylation sites is 1. The summed E-state index contributed by atoms with van der Waals surface area (Å²) in [6, 6.07) is 17.6. The monoisotopic (exact) mass is 564 g/mol. The predicted octanol–water partition coefficient (Wildman–Crippen LogP) is 5.63. The van der Waals surface area contributed by atoms with E-state index in [9.17, 15) is 9.59 Å². The number of amides is 2. The quantitative estimate of drug-likeness (QED) is 0.214. The van der Waals surface area contributed by atoms with E-state index in [4.69, 9.17) is 32.7 Å². The van der Waals surface area contributed by atoms with E-state index in [1.54, 1.807) is 30.5 Å². The highest BCUT2D eigenvalue weighted by atomic mass is 35.5. The van der Waals surface area contributed by atoms with Gasteiger partial charge in [0.25, 0.3) is 11.8 Å². The molecule has 39 heavy (non-hydrogen) atoms. The third-order valence-corrected chi connectivity index (χ3v) is 7.14. The van der Waals surface area contributed by atoms with Gasteiger partial charge >= 0.3 is 0 Å². The Bertz CT molecular complexity index is 1580. The second-order valence-corrected chi connectivity index (χ2v) is 10.3. The Morgan fingerprint density at radius 2 is 1.82 bits per heavy atom. The second kappa shape index (κ2) is 11.4. The van der Waals surface area contributed by atoms with Crippen LogP contribution in [0.3, 0.4) is 0 Å². The molecule has 2 amide bonds. The Morgan fingerprint density at radius 1 is 1.03 bits per heavy atom. The molecule has 2 heterocycles. The topological polar surface area (TPSA) is 93.9 Å². The van der Waals surface area contributed by atoms with Gasteiger partial charge in [0.2, 0.25) is 6.79 Å². The van der Waals surface area contributed by atoms with E-state index >= 15 is 0 Å². The third kappa shape index (κ3) is 5.87. The lowest BCUT2D eigenvalue weighted by Crippen LogP contribution is -2.48. The van der Waals surface area contributed by atoms with Gasteiger partial charge in [-0.05, 0) is 47.9 Å². The Kier molecular flexibility index (Phi) is 7.77. The van der Waals surface area contributed by atoms with E-state index in [0.717, 1.165) is 22.0 Å². The maximum atomic E-state index is 13.0. The Balaban J connectivity index is 1.29. The van der Waals surface area contributed by atoms with E-state index in [1.807, 2.05) is 56.4 Å². The van der Waals surface area contributed by atoms with Crippen molar-refractivity contribution in [3.05, 3.63) is 93.6 Å². The normalized spacial score (nSPS) is 13.3. The zero-order chi connectivity index (χ0) is 27.5. The molecule has 0 saturated carbocycles. The molecular weight excluding hydrogens is 539 g/mol. The lowest BCUT2D eigenvalue weighted by atomic mass is 10.0. The van der Waals surface area contributed by atoms with Crippen molar-refractivity contribution in [1.29, 1.82) is 0 Å². The summed E-state index contributed by atoms with van der Waals surface area (Å²) in [5, 5.41) is 8.99. The van der Waals surface area contributed by atoms with Gasteiger partial charge in [0, 0.05) is 34.8 Å². The molecule has 5 rings (SSSR count). The van der Waals surface area contributed by atoms with Crippen molar-refractivity contribution in [2.75, 3.05) is 6.79 Å². The van der Waals surface area contributed by atoms with Gasteiger partial charge in [-0.15, -0.1) is 0 Å². The van der Waals surface area contributed by atoms with E-state index < -0.39 is 17.9 Å². The molecule has 2 N–H and O–H groups in total. The number of aromatic nitrogens is 1. The maximum absolute atomic E-state index is 13.0. The summed E-state index contributed by atoms with van der Waals surface area (Å²) in [5.74, 6) is 0.0890. The van der Waals surface area contributed by atoms with Crippen LogP contribution in [-0.4, -0.2) is 35.4 Å². The fourth-order valence-electron chi connectivity index (χ4n) is 4.38. The Hall–Kier alpha value is -4.01. The molecule has 0 fully saturated rings. The fraction of sp³-hybridized carbons (Fsp3) is 0.207. The van der Waals surface area contributed by atoms with Crippen LogP contribution >= 0.6 is 23.2 Å². The van der Waals surface area contributed by atoms with E-state index in [0.29, 0.717) is 33.7 Å². The van der Waals surface area contributed by atoms with Gasteiger partial charge in [0.15, 0.2) is 11.5 Å². The van der Waals surface area contributed by atoms with Gasteiger partial charge in [-0.2, -0.15) is 5.10 Å². The van der Waals surface area contributed by atoms with Crippen molar-refractivity contribution >= 4 is 52.1 Å².